The second kappa shape index (κ2) is 8.37. The van der Waals surface area contributed by atoms with Crippen LogP contribution in [0, 0.1) is 0 Å². The molecule has 0 saturated heterocycles. The monoisotopic (exact) mass is 376 g/mol. The molecular weight excluding hydrogens is 363 g/mol. The number of ether oxygens (including phenoxy) is 2. The SMILES string of the molecule is CCOC(=O)c1ccc(Cl)c(OCCn2nnnc2CS)c1Cl. The Labute approximate surface area is 148 Å². The summed E-state index contributed by atoms with van der Waals surface area (Å²) in [7, 11) is 0. The molecule has 0 fully saturated rings. The van der Waals surface area contributed by atoms with Gasteiger partial charge in [0, 0.05) is 0 Å². The molecule has 0 spiro atoms. The van der Waals surface area contributed by atoms with Gasteiger partial charge in [-0.3, -0.25) is 0 Å². The fourth-order valence-electron chi connectivity index (χ4n) is 1.78. The van der Waals surface area contributed by atoms with Crippen LogP contribution in [-0.2, 0) is 17.0 Å². The van der Waals surface area contributed by atoms with Crippen molar-refractivity contribution in [2.75, 3.05) is 13.2 Å². The molecule has 0 aliphatic heterocycles. The van der Waals surface area contributed by atoms with Crippen LogP contribution in [0.3, 0.4) is 0 Å². The van der Waals surface area contributed by atoms with Crippen LogP contribution < -0.4 is 4.74 Å². The molecule has 0 saturated carbocycles. The van der Waals surface area contributed by atoms with Gasteiger partial charge in [0.25, 0.3) is 0 Å². The van der Waals surface area contributed by atoms with Gasteiger partial charge in [0.15, 0.2) is 11.6 Å². The highest BCUT2D eigenvalue weighted by atomic mass is 35.5. The van der Waals surface area contributed by atoms with Crippen molar-refractivity contribution in [1.82, 2.24) is 20.2 Å². The summed E-state index contributed by atoms with van der Waals surface area (Å²) in [5.74, 6) is 0.720. The molecule has 1 aromatic heterocycles. The number of carbonyl (C=O) groups is 1. The molecule has 7 nitrogen and oxygen atoms in total. The molecule has 0 aliphatic carbocycles. The second-order valence-electron chi connectivity index (χ2n) is 4.28. The van der Waals surface area contributed by atoms with E-state index < -0.39 is 5.97 Å². The Morgan fingerprint density at radius 2 is 2.17 bits per heavy atom. The minimum atomic E-state index is -0.531. The zero-order valence-corrected chi connectivity index (χ0v) is 14.6. The zero-order chi connectivity index (χ0) is 16.8. The summed E-state index contributed by atoms with van der Waals surface area (Å²) < 4.78 is 12.1. The molecule has 2 aromatic rings. The third kappa shape index (κ3) is 4.27. The van der Waals surface area contributed by atoms with E-state index in [2.05, 4.69) is 28.2 Å². The van der Waals surface area contributed by atoms with Gasteiger partial charge in [0.05, 0.1) is 34.5 Å². The Balaban J connectivity index is 2.10. The number of halogens is 2. The largest absolute Gasteiger partial charge is 0.488 e. The predicted octanol–water partition coefficient (Wildman–Crippen LogP) is 2.67. The van der Waals surface area contributed by atoms with Crippen LogP contribution in [0.1, 0.15) is 23.1 Å². The van der Waals surface area contributed by atoms with E-state index in [1.807, 2.05) is 0 Å². The molecule has 124 valence electrons. The van der Waals surface area contributed by atoms with Gasteiger partial charge in [-0.15, -0.1) is 5.10 Å². The van der Waals surface area contributed by atoms with Crippen molar-refractivity contribution >= 4 is 41.8 Å². The molecule has 0 amide bonds. The lowest BCUT2D eigenvalue weighted by atomic mass is 10.2. The topological polar surface area (TPSA) is 79.1 Å². The summed E-state index contributed by atoms with van der Waals surface area (Å²) in [6.45, 7) is 2.57. The van der Waals surface area contributed by atoms with Crippen LogP contribution in [0.4, 0.5) is 0 Å². The smallest absolute Gasteiger partial charge is 0.339 e. The maximum atomic E-state index is 11.8. The van der Waals surface area contributed by atoms with Gasteiger partial charge in [-0.1, -0.05) is 23.2 Å². The Morgan fingerprint density at radius 1 is 1.39 bits per heavy atom. The highest BCUT2D eigenvalue weighted by Gasteiger charge is 2.18. The van der Waals surface area contributed by atoms with Crippen molar-refractivity contribution in [3.8, 4) is 5.75 Å². The molecule has 0 radical (unpaired) electrons. The highest BCUT2D eigenvalue weighted by molar-refractivity contribution is 7.79. The molecule has 2 rings (SSSR count). The Bertz CT molecular complexity index is 696. The van der Waals surface area contributed by atoms with Crippen LogP contribution >= 0.6 is 35.8 Å². The van der Waals surface area contributed by atoms with E-state index in [0.717, 1.165) is 0 Å². The molecular formula is C13H14Cl2N4O3S. The maximum absolute atomic E-state index is 11.8. The summed E-state index contributed by atoms with van der Waals surface area (Å²) in [4.78, 5) is 11.8. The first kappa shape index (κ1) is 17.8. The summed E-state index contributed by atoms with van der Waals surface area (Å²) in [6, 6.07) is 3.03. The van der Waals surface area contributed by atoms with Gasteiger partial charge in [0.1, 0.15) is 6.61 Å². The first-order chi connectivity index (χ1) is 11.1. The van der Waals surface area contributed by atoms with E-state index >= 15 is 0 Å². The molecule has 10 heteroatoms. The van der Waals surface area contributed by atoms with Gasteiger partial charge < -0.3 is 9.47 Å². The normalized spacial score (nSPS) is 10.6. The van der Waals surface area contributed by atoms with Crippen molar-refractivity contribution in [2.45, 2.75) is 19.2 Å². The lowest BCUT2D eigenvalue weighted by molar-refractivity contribution is 0.0526. The number of hydrogen-bond acceptors (Lipinski definition) is 7. The third-order valence-corrected chi connectivity index (χ3v) is 3.80. The molecule has 1 aromatic carbocycles. The van der Waals surface area contributed by atoms with Gasteiger partial charge in [-0.2, -0.15) is 12.6 Å². The van der Waals surface area contributed by atoms with E-state index in [1.165, 1.54) is 12.1 Å². The first-order valence-electron chi connectivity index (χ1n) is 6.72. The average molecular weight is 377 g/mol. The number of thiol groups is 1. The number of carbonyl (C=O) groups excluding carboxylic acids is 1. The molecule has 0 aliphatic rings. The van der Waals surface area contributed by atoms with E-state index in [1.54, 1.807) is 11.6 Å². The third-order valence-electron chi connectivity index (χ3n) is 2.84. The highest BCUT2D eigenvalue weighted by Crippen LogP contribution is 2.36. The summed E-state index contributed by atoms with van der Waals surface area (Å²) in [6.07, 6.45) is 0. The van der Waals surface area contributed by atoms with E-state index in [0.29, 0.717) is 23.1 Å². The van der Waals surface area contributed by atoms with Gasteiger partial charge in [-0.05, 0) is 29.5 Å². The molecule has 0 N–H and O–H groups in total. The summed E-state index contributed by atoms with van der Waals surface area (Å²) in [5.41, 5.74) is 0.200. The Kier molecular flexibility index (Phi) is 6.49. The number of aromatic nitrogens is 4. The summed E-state index contributed by atoms with van der Waals surface area (Å²) in [5, 5.41) is 11.6. The number of esters is 1. The molecule has 1 heterocycles. The Morgan fingerprint density at radius 3 is 2.87 bits per heavy atom. The van der Waals surface area contributed by atoms with E-state index in [9.17, 15) is 4.79 Å². The van der Waals surface area contributed by atoms with Crippen molar-refractivity contribution in [3.63, 3.8) is 0 Å². The number of benzene rings is 1. The van der Waals surface area contributed by atoms with E-state index in [4.69, 9.17) is 32.7 Å². The predicted molar refractivity (Wildman–Crippen MR) is 88.4 cm³/mol. The number of rotatable bonds is 7. The number of nitrogens with zero attached hydrogens (tertiary/aromatic N) is 4. The second-order valence-corrected chi connectivity index (χ2v) is 5.38. The average Bonchev–Trinajstić information content (AvgIpc) is 2.98. The summed E-state index contributed by atoms with van der Waals surface area (Å²) >= 11 is 16.4. The quantitative estimate of drug-likeness (QED) is 0.591. The van der Waals surface area contributed by atoms with Crippen molar-refractivity contribution in [1.29, 1.82) is 0 Å². The number of hydrogen-bond donors (Lipinski definition) is 1. The van der Waals surface area contributed by atoms with E-state index in [-0.39, 0.29) is 29.5 Å². The first-order valence-corrected chi connectivity index (χ1v) is 8.11. The fraction of sp³-hybridized carbons (Fsp3) is 0.385. The Hall–Kier alpha value is -1.51. The lowest BCUT2D eigenvalue weighted by Crippen LogP contribution is -2.13. The van der Waals surface area contributed by atoms with Crippen molar-refractivity contribution in [2.24, 2.45) is 0 Å². The van der Waals surface area contributed by atoms with Crippen LogP contribution in [0.15, 0.2) is 12.1 Å². The molecule has 23 heavy (non-hydrogen) atoms. The zero-order valence-electron chi connectivity index (χ0n) is 12.2. The van der Waals surface area contributed by atoms with Crippen LogP contribution in [0.5, 0.6) is 5.75 Å². The van der Waals surface area contributed by atoms with Gasteiger partial charge >= 0.3 is 5.97 Å². The fourth-order valence-corrected chi connectivity index (χ4v) is 2.56. The van der Waals surface area contributed by atoms with Gasteiger partial charge in [-0.25, -0.2) is 9.48 Å². The standard InChI is InChI=1S/C13H14Cl2N4O3S/c1-2-21-13(20)8-3-4-9(14)12(11(8)15)22-6-5-19-10(7-23)16-17-18-19/h3-4,23H,2,5-7H2,1H3. The number of tetrazole rings is 1. The van der Waals surface area contributed by atoms with Crippen LogP contribution in [0.2, 0.25) is 10.0 Å². The van der Waals surface area contributed by atoms with Crippen LogP contribution in [-0.4, -0.2) is 39.4 Å². The van der Waals surface area contributed by atoms with Crippen LogP contribution in [0.25, 0.3) is 0 Å². The van der Waals surface area contributed by atoms with Crippen molar-refractivity contribution < 1.29 is 14.3 Å². The minimum absolute atomic E-state index is 0.113. The molecule has 0 unspecified atom stereocenters. The minimum Gasteiger partial charge on any atom is -0.488 e. The van der Waals surface area contributed by atoms with Crippen molar-refractivity contribution in [3.05, 3.63) is 33.6 Å². The lowest BCUT2D eigenvalue weighted by Gasteiger charge is -2.12. The van der Waals surface area contributed by atoms with Gasteiger partial charge in [0.2, 0.25) is 0 Å². The molecule has 0 atom stereocenters. The maximum Gasteiger partial charge on any atom is 0.339 e. The molecule has 0 bridgehead atoms.